The summed E-state index contributed by atoms with van der Waals surface area (Å²) in [6.07, 6.45) is 1.21. The lowest BCUT2D eigenvalue weighted by molar-refractivity contribution is 0.354. The van der Waals surface area contributed by atoms with Crippen molar-refractivity contribution in [1.29, 1.82) is 0 Å². The number of nitrogens with one attached hydrogen (secondary N) is 1. The second-order valence-electron chi connectivity index (χ2n) is 4.85. The van der Waals surface area contributed by atoms with Crippen molar-refractivity contribution in [2.24, 2.45) is 11.8 Å². The minimum atomic E-state index is 0.598. The van der Waals surface area contributed by atoms with E-state index >= 15 is 0 Å². The zero-order valence-corrected chi connectivity index (χ0v) is 11.1. The largest absolute Gasteiger partial charge is 0.314 e. The Kier molecular flexibility index (Phi) is 5.34. The van der Waals surface area contributed by atoms with Gasteiger partial charge in [0, 0.05) is 6.04 Å². The van der Waals surface area contributed by atoms with Crippen LogP contribution in [0.3, 0.4) is 0 Å². The molecule has 0 aliphatic rings. The van der Waals surface area contributed by atoms with Crippen LogP contribution in [0.4, 0.5) is 0 Å². The van der Waals surface area contributed by atoms with Gasteiger partial charge in [-0.15, -0.1) is 0 Å². The second-order valence-corrected chi connectivity index (χ2v) is 5.63. The van der Waals surface area contributed by atoms with E-state index < -0.39 is 0 Å². The molecule has 86 valence electrons. The second kappa shape index (κ2) is 6.29. The molecule has 0 radical (unpaired) electrons. The summed E-state index contributed by atoms with van der Waals surface area (Å²) in [6.45, 7) is 10.2. The maximum Gasteiger partial charge on any atom is 0.00104 e. The van der Waals surface area contributed by atoms with Crippen LogP contribution in [0, 0.1) is 11.8 Å². The zero-order valence-electron chi connectivity index (χ0n) is 10.3. The van der Waals surface area contributed by atoms with Gasteiger partial charge in [0.05, 0.1) is 0 Å². The molecule has 1 nitrogen and oxygen atoms in total. The van der Waals surface area contributed by atoms with Crippen LogP contribution in [0.1, 0.15) is 33.3 Å². The van der Waals surface area contributed by atoms with Crippen LogP contribution in [0.2, 0.25) is 0 Å². The highest BCUT2D eigenvalue weighted by molar-refractivity contribution is 7.07. The average molecular weight is 225 g/mol. The molecule has 0 fully saturated rings. The van der Waals surface area contributed by atoms with E-state index in [1.165, 1.54) is 12.0 Å². The van der Waals surface area contributed by atoms with Gasteiger partial charge in [-0.1, -0.05) is 27.7 Å². The fourth-order valence-electron chi connectivity index (χ4n) is 1.60. The van der Waals surface area contributed by atoms with Gasteiger partial charge in [-0.3, -0.25) is 0 Å². The van der Waals surface area contributed by atoms with Gasteiger partial charge in [0.15, 0.2) is 0 Å². The molecule has 1 heterocycles. The normalized spacial score (nSPS) is 15.5. The first-order valence-electron chi connectivity index (χ1n) is 5.84. The molecule has 15 heavy (non-hydrogen) atoms. The minimum Gasteiger partial charge on any atom is -0.314 e. The highest BCUT2D eigenvalue weighted by atomic mass is 32.1. The van der Waals surface area contributed by atoms with E-state index in [0.29, 0.717) is 6.04 Å². The van der Waals surface area contributed by atoms with E-state index in [4.69, 9.17) is 0 Å². The first-order valence-corrected chi connectivity index (χ1v) is 6.78. The summed E-state index contributed by atoms with van der Waals surface area (Å²) in [4.78, 5) is 0. The van der Waals surface area contributed by atoms with E-state index in [1.807, 2.05) is 0 Å². The third-order valence-corrected chi connectivity index (χ3v) is 3.69. The molecular formula is C13H23NS. The fraction of sp³-hybridized carbons (Fsp3) is 0.692. The Bertz CT molecular complexity index is 254. The van der Waals surface area contributed by atoms with Crippen molar-refractivity contribution in [3.05, 3.63) is 22.4 Å². The zero-order chi connectivity index (χ0) is 11.3. The number of hydrogen-bond donors (Lipinski definition) is 1. The maximum absolute atomic E-state index is 3.51. The molecule has 1 rings (SSSR count). The van der Waals surface area contributed by atoms with Gasteiger partial charge in [-0.25, -0.2) is 0 Å². The molecule has 0 bridgehead atoms. The molecule has 2 heteroatoms. The van der Waals surface area contributed by atoms with Gasteiger partial charge in [0.2, 0.25) is 0 Å². The average Bonchev–Trinajstić information content (AvgIpc) is 2.66. The van der Waals surface area contributed by atoms with Crippen LogP contribution in [-0.2, 0) is 6.42 Å². The van der Waals surface area contributed by atoms with E-state index in [9.17, 15) is 0 Å². The quantitative estimate of drug-likeness (QED) is 0.780. The van der Waals surface area contributed by atoms with Crippen molar-refractivity contribution in [1.82, 2.24) is 5.32 Å². The summed E-state index contributed by atoms with van der Waals surface area (Å²) in [5.41, 5.74) is 1.49. The smallest absolute Gasteiger partial charge is 0.00104 e. The highest BCUT2D eigenvalue weighted by Gasteiger charge is 2.13. The Morgan fingerprint density at radius 1 is 1.20 bits per heavy atom. The summed E-state index contributed by atoms with van der Waals surface area (Å²) in [6, 6.07) is 2.84. The van der Waals surface area contributed by atoms with Crippen LogP contribution in [0.5, 0.6) is 0 Å². The van der Waals surface area contributed by atoms with Crippen LogP contribution < -0.4 is 5.32 Å². The molecule has 0 aliphatic carbocycles. The predicted octanol–water partition coefficient (Wildman–Crippen LogP) is 3.56. The third-order valence-electron chi connectivity index (χ3n) is 2.96. The molecule has 0 spiro atoms. The molecule has 2 unspecified atom stereocenters. The Labute approximate surface area is 97.9 Å². The Morgan fingerprint density at radius 3 is 2.47 bits per heavy atom. The molecular weight excluding hydrogens is 202 g/mol. The molecule has 0 aromatic carbocycles. The van der Waals surface area contributed by atoms with Crippen molar-refractivity contribution in [2.45, 2.75) is 40.2 Å². The molecule has 1 N–H and O–H groups in total. The molecule has 2 atom stereocenters. The van der Waals surface area contributed by atoms with Crippen molar-refractivity contribution < 1.29 is 0 Å². The van der Waals surface area contributed by atoms with Crippen LogP contribution in [0.25, 0.3) is 0 Å². The predicted molar refractivity (Wildman–Crippen MR) is 69.5 cm³/mol. The van der Waals surface area contributed by atoms with E-state index in [1.54, 1.807) is 11.3 Å². The third kappa shape index (κ3) is 4.80. The summed E-state index contributed by atoms with van der Waals surface area (Å²) >= 11 is 1.80. The van der Waals surface area contributed by atoms with E-state index in [-0.39, 0.29) is 0 Å². The van der Waals surface area contributed by atoms with E-state index in [0.717, 1.165) is 18.4 Å². The van der Waals surface area contributed by atoms with Gasteiger partial charge < -0.3 is 5.32 Å². The minimum absolute atomic E-state index is 0.598. The lowest BCUT2D eigenvalue weighted by Gasteiger charge is -2.21. The van der Waals surface area contributed by atoms with Crippen LogP contribution >= 0.6 is 11.3 Å². The molecule has 0 saturated carbocycles. The van der Waals surface area contributed by atoms with Gasteiger partial charge >= 0.3 is 0 Å². The monoisotopic (exact) mass is 225 g/mol. The van der Waals surface area contributed by atoms with Crippen LogP contribution in [0.15, 0.2) is 16.8 Å². The SMILES string of the molecule is CC(C)NCC(C)C(C)Cc1ccsc1. The maximum atomic E-state index is 3.51. The summed E-state index contributed by atoms with van der Waals surface area (Å²) in [5.74, 6) is 1.50. The number of rotatable bonds is 6. The molecule has 0 saturated heterocycles. The van der Waals surface area contributed by atoms with Gasteiger partial charge in [0.25, 0.3) is 0 Å². The highest BCUT2D eigenvalue weighted by Crippen LogP contribution is 2.18. The van der Waals surface area contributed by atoms with Crippen LogP contribution in [-0.4, -0.2) is 12.6 Å². The van der Waals surface area contributed by atoms with Crippen molar-refractivity contribution in [3.63, 3.8) is 0 Å². The van der Waals surface area contributed by atoms with E-state index in [2.05, 4.69) is 49.8 Å². The molecule has 0 aliphatic heterocycles. The molecule has 1 aromatic heterocycles. The summed E-state index contributed by atoms with van der Waals surface area (Å²) in [5, 5.41) is 7.94. The molecule has 1 aromatic rings. The fourth-order valence-corrected chi connectivity index (χ4v) is 2.29. The van der Waals surface area contributed by atoms with Gasteiger partial charge in [0.1, 0.15) is 0 Å². The van der Waals surface area contributed by atoms with Gasteiger partial charge in [-0.2, -0.15) is 11.3 Å². The Hall–Kier alpha value is -0.340. The molecule has 0 amide bonds. The Morgan fingerprint density at radius 2 is 1.93 bits per heavy atom. The lowest BCUT2D eigenvalue weighted by atomic mass is 9.90. The van der Waals surface area contributed by atoms with Crippen molar-refractivity contribution in [2.75, 3.05) is 6.54 Å². The Balaban J connectivity index is 2.30. The number of thiophene rings is 1. The van der Waals surface area contributed by atoms with Gasteiger partial charge in [-0.05, 0) is 47.2 Å². The number of hydrogen-bond acceptors (Lipinski definition) is 2. The van der Waals surface area contributed by atoms with Crippen molar-refractivity contribution in [3.8, 4) is 0 Å². The first kappa shape index (κ1) is 12.7. The first-order chi connectivity index (χ1) is 7.09. The summed E-state index contributed by atoms with van der Waals surface area (Å²) < 4.78 is 0. The summed E-state index contributed by atoms with van der Waals surface area (Å²) in [7, 11) is 0. The standard InChI is InChI=1S/C13H23NS/c1-10(2)14-8-12(4)11(3)7-13-5-6-15-9-13/h5-6,9-12,14H,7-8H2,1-4H3. The topological polar surface area (TPSA) is 12.0 Å². The van der Waals surface area contributed by atoms with Crippen molar-refractivity contribution >= 4 is 11.3 Å². The lowest BCUT2D eigenvalue weighted by Crippen LogP contribution is -2.30.